The van der Waals surface area contributed by atoms with Gasteiger partial charge >= 0.3 is 84.1 Å². The van der Waals surface area contributed by atoms with E-state index < -0.39 is 175 Å². The first kappa shape index (κ1) is 141. The van der Waals surface area contributed by atoms with E-state index in [2.05, 4.69) is 149 Å². The molecule has 0 spiro atoms. The van der Waals surface area contributed by atoms with Gasteiger partial charge in [-0.05, 0) is 129 Å². The number of unbranched alkanes of at least 4 members (excludes halogenated alkanes) is 1. The summed E-state index contributed by atoms with van der Waals surface area (Å²) in [5.74, 6) is -7.84. The van der Waals surface area contributed by atoms with Crippen LogP contribution in [0.1, 0.15) is 139 Å². The Morgan fingerprint density at radius 1 is 0.520 bits per heavy atom. The highest BCUT2D eigenvalue weighted by molar-refractivity contribution is 8.13. The van der Waals surface area contributed by atoms with Crippen LogP contribution in [0.2, 0.25) is 0 Å². The number of hydrogen-bond donors (Lipinski definition) is 25. The number of carbonyl (C=O) groups is 21. The molecule has 8 aliphatic heterocycles. The van der Waals surface area contributed by atoms with E-state index in [-0.39, 0.29) is 68.7 Å². The maximum Gasteiger partial charge on any atom is 0.490 e. The number of Topliss-reactive ketones (excluding diaryl/α,β-unsaturated/α-hetero) is 2. The summed E-state index contributed by atoms with van der Waals surface area (Å²) < 4.78 is 49.8. The summed E-state index contributed by atoms with van der Waals surface area (Å²) in [7, 11) is 2.59. The third kappa shape index (κ3) is 65.3. The Morgan fingerprint density at radius 2 is 0.887 bits per heavy atom. The number of rotatable bonds is 47. The number of thiol groups is 2. The van der Waals surface area contributed by atoms with Gasteiger partial charge in [0.15, 0.2) is 23.0 Å². The SMILES string of the molecule is CC(=O)[C@@H](C)CN.CC(=O)[C@@H](C)CNC(=O)CN1C(=O)N[C@@H](CCCNC2=NCCN2)C1=O.CCCC[C@H](NC(=O)NCC(=O)OCC)C(=O)OC.CCOC(=O)CN=C=O.COC(=O)[C@@H](N)CCCN.CSC1=NCCN1.C[C@@H](CNC(=O)CN1C(=O)N[C@@H](CCCNC2=NCCN2)C1=O)C(=O)O.NCCC[C@@H]1NC(=O)N(CC(=O)O)C1=O.O=C(O)C(F)(F)F.O=C(O)CN1C(=O)N[C@@H](CCCNC2=NCCN2)C1=O.SCCS. The molecule has 64 heteroatoms. The highest BCUT2D eigenvalue weighted by Crippen LogP contribution is 2.17. The van der Waals surface area contributed by atoms with Crippen LogP contribution in [0.5, 0.6) is 0 Å². The maximum absolute atomic E-state index is 12.3. The number of aliphatic carboxylic acids is 4. The van der Waals surface area contributed by atoms with Gasteiger partial charge in [-0.15, -0.1) is 0 Å². The lowest BCUT2D eigenvalue weighted by Gasteiger charge is -2.16. The van der Waals surface area contributed by atoms with Crippen molar-refractivity contribution >= 4 is 191 Å². The summed E-state index contributed by atoms with van der Waals surface area (Å²) in [6, 6.07) is -6.81. The number of hydrogen-bond acceptors (Lipinski definition) is 45. The van der Waals surface area contributed by atoms with E-state index in [1.807, 2.05) is 20.1 Å². The lowest BCUT2D eigenvalue weighted by Crippen LogP contribution is -2.47. The maximum atomic E-state index is 12.3. The van der Waals surface area contributed by atoms with Gasteiger partial charge in [-0.2, -0.15) is 43.4 Å². The normalized spacial score (nSPS) is 16.9. The molecule has 16 amide bonds. The number of aliphatic imine (C=N–C) groups is 5. The lowest BCUT2D eigenvalue weighted by atomic mass is 10.1. The van der Waals surface area contributed by atoms with E-state index in [1.54, 1.807) is 39.5 Å². The van der Waals surface area contributed by atoms with Crippen LogP contribution in [0.3, 0.4) is 0 Å². The zero-order valence-electron chi connectivity index (χ0n) is 85.9. The molecule has 58 nitrogen and oxygen atoms in total. The van der Waals surface area contributed by atoms with Crippen LogP contribution in [0.4, 0.5) is 37.1 Å². The Morgan fingerprint density at radius 3 is 1.17 bits per heavy atom. The van der Waals surface area contributed by atoms with E-state index in [9.17, 15) is 114 Å². The quantitative estimate of drug-likeness (QED) is 0.00518. The number of alkyl halides is 3. The van der Waals surface area contributed by atoms with E-state index >= 15 is 0 Å². The topological polar surface area (TPSA) is 853 Å². The number of isocyanates is 1. The number of imide groups is 4. The molecule has 150 heavy (non-hydrogen) atoms. The average Bonchev–Trinajstić information content (AvgIpc) is 1.70. The Labute approximate surface area is 880 Å². The number of esters is 4. The van der Waals surface area contributed by atoms with E-state index in [1.165, 1.54) is 34.1 Å². The summed E-state index contributed by atoms with van der Waals surface area (Å²) in [5, 5.41) is 75.5. The standard InChI is InChI=1S/C16H26N6O4.C15H24N6O5.C12H22N2O5.C11H17N5O4.C8H13N3O4.C6H14N2O2.C5H7NO3.C5H11NO.C4H8N2S.C2HF3O2.C2H6S2/c1-10(11(2)23)8-20-13(24)9-22-14(25)12(21-16(22)26)4-3-5-17-15-18-6-7-19-15;1-9(13(24)25)7-19-11(22)8-21-12(23)10(20-15(21)26)3-2-4-16-14-17-5-6-18-14;1-4-6-7-9(11(16)18-3)14-12(17)13-8-10(15)19-5-2;17-8(18)6-16-9(19)7(15-11(16)20)2-1-3-12-10-13-4-5-14-10;9-3-1-2-5-7(14)11(4-6(12)13)8(15)10-5;1-10-6(9)5(8)3-2-4-7;1-2-9-5(8)3-6-4-7;1-4(3-6)5(2)7;1-7-4-5-2-3-6-4;3-2(4,5)1(6)7;3-1-2-4/h10,12H,3-9H2,1-2H3,(H,20,24)(H,21,26)(H2,17,18,19);9-10H,2-8H2,1H3,(H,19,22)(H,20,26)(H,24,25)(H2,16,17,18);9H,4-8H2,1-3H3,(H2,13,14,17);7H,1-6H2,(H,15,20)(H,17,18)(H2,12,13,14);5H,1-4,9H2,(H,10,15)(H,12,13);5H,2-4,7-8H2,1H3;2-3H2,1H3;4H,3,6H2,1-2H3;2-3H2,1H3,(H,5,6);(H,6,7);3-4H,1-2H2/t10-,12-;9-,10-;9-;7-;2*5-;;4-;;;/m000000.0.../s1. The van der Waals surface area contributed by atoms with Crippen molar-refractivity contribution < 1.29 is 158 Å². The molecule has 852 valence electrons. The van der Waals surface area contributed by atoms with Gasteiger partial charge in [-0.25, -0.2) is 38.4 Å². The van der Waals surface area contributed by atoms with Gasteiger partial charge in [0.1, 0.15) is 87.1 Å². The van der Waals surface area contributed by atoms with Crippen molar-refractivity contribution in [1.82, 2.24) is 99.4 Å². The summed E-state index contributed by atoms with van der Waals surface area (Å²) in [5.41, 5.74) is 21.0. The molecule has 0 unspecified atom stereocenters. The number of amidine groups is 1. The predicted molar refractivity (Wildman–Crippen MR) is 545 cm³/mol. The van der Waals surface area contributed by atoms with Gasteiger partial charge in [0, 0.05) is 77.3 Å². The van der Waals surface area contributed by atoms with Crippen LogP contribution >= 0.6 is 37.0 Å². The number of urea groups is 5. The number of methoxy groups -OCH3 is 2. The van der Waals surface area contributed by atoms with Gasteiger partial charge in [0.2, 0.25) is 17.9 Å². The molecule has 8 rings (SSSR count). The summed E-state index contributed by atoms with van der Waals surface area (Å²) in [4.78, 5) is 267. The molecule has 4 fully saturated rings. The molecule has 0 saturated carbocycles. The van der Waals surface area contributed by atoms with Gasteiger partial charge in [-0.3, -0.25) is 107 Å². The fraction of sp³-hybridized carbons (Fsp3) is 0.698. The first-order valence-corrected chi connectivity index (χ1v) is 49.9. The van der Waals surface area contributed by atoms with E-state index in [0.717, 1.165) is 121 Å². The minimum atomic E-state index is -5.08. The summed E-state index contributed by atoms with van der Waals surface area (Å²) in [6.07, 6.45) is 6.14. The number of thioether (sulfide) groups is 1. The highest BCUT2D eigenvalue weighted by Gasteiger charge is 2.43. The number of amides is 16. The van der Waals surface area contributed by atoms with Gasteiger partial charge in [0.25, 0.3) is 23.6 Å². The fourth-order valence-corrected chi connectivity index (χ4v) is 12.0. The lowest BCUT2D eigenvalue weighted by molar-refractivity contribution is -0.192. The zero-order chi connectivity index (χ0) is 114. The number of nitrogens with zero attached hydrogens (tertiary/aromatic N) is 9. The molecule has 9 atom stereocenters. The number of nitrogens with one attached hydrogen (secondary N) is 15. The number of carboxylic acids is 4. The number of ether oxygens (including phenoxy) is 4. The van der Waals surface area contributed by atoms with Crippen molar-refractivity contribution in [2.75, 3.05) is 189 Å². The molecule has 0 aromatic carbocycles. The molecule has 0 aliphatic carbocycles. The molecule has 4 saturated heterocycles. The second kappa shape index (κ2) is 83.3. The number of guanidine groups is 3. The minimum Gasteiger partial charge on any atom is -0.481 e. The van der Waals surface area contributed by atoms with Crippen molar-refractivity contribution in [2.24, 2.45) is 65.7 Å². The van der Waals surface area contributed by atoms with Crippen molar-refractivity contribution in [3.05, 3.63) is 0 Å². The highest BCUT2D eigenvalue weighted by atomic mass is 32.2. The Bertz CT molecular complexity index is 4370. The van der Waals surface area contributed by atoms with Crippen LogP contribution in [-0.2, 0) is 100 Å². The molecular formula is C86H149F3N28O30S3. The number of carboxylic acid groups (broad SMARTS) is 4. The summed E-state index contributed by atoms with van der Waals surface area (Å²) in [6.45, 7) is 21.6. The first-order valence-electron chi connectivity index (χ1n) is 47.4. The van der Waals surface area contributed by atoms with Crippen LogP contribution in [0.15, 0.2) is 25.0 Å². The van der Waals surface area contributed by atoms with Crippen molar-refractivity contribution in [2.45, 2.75) is 181 Å². The fourth-order valence-electron chi connectivity index (χ4n) is 11.5. The van der Waals surface area contributed by atoms with E-state index in [4.69, 9.17) is 48.2 Å². The van der Waals surface area contributed by atoms with Crippen LogP contribution in [-0.4, -0.2) is 426 Å². The molecule has 0 aromatic heterocycles. The number of nitrogens with two attached hydrogens (primary N) is 4. The smallest absolute Gasteiger partial charge is 0.481 e. The second-order valence-electron chi connectivity index (χ2n) is 31.9. The number of halogens is 3. The molecule has 8 aliphatic rings. The van der Waals surface area contributed by atoms with Crippen molar-refractivity contribution in [1.29, 1.82) is 0 Å². The minimum absolute atomic E-state index is 0.0345. The number of carbonyl (C=O) groups excluding carboxylic acids is 18. The van der Waals surface area contributed by atoms with Crippen molar-refractivity contribution in [3.8, 4) is 0 Å². The number of ketones is 2. The van der Waals surface area contributed by atoms with Crippen LogP contribution < -0.4 is 103 Å². The Balaban J connectivity index is -0.00000165. The van der Waals surface area contributed by atoms with Gasteiger partial charge in [0.05, 0.1) is 59.5 Å². The Kier molecular flexibility index (Phi) is 78.0. The molecule has 0 bridgehead atoms. The molecular weight excluding hydrogens is 2060 g/mol. The monoisotopic (exact) mass is 2210 g/mol. The van der Waals surface area contributed by atoms with E-state index in [0.29, 0.717) is 115 Å². The average molecular weight is 2210 g/mol. The first-order chi connectivity index (χ1) is 70.9. The molecule has 27 N–H and O–H groups in total. The van der Waals surface area contributed by atoms with Crippen LogP contribution in [0, 0.1) is 17.8 Å². The largest absolute Gasteiger partial charge is 0.490 e. The van der Waals surface area contributed by atoms with Crippen LogP contribution in [0.25, 0.3) is 0 Å². The molecule has 8 heterocycles. The zero-order valence-corrected chi connectivity index (χ0v) is 88.6. The predicted octanol–water partition coefficient (Wildman–Crippen LogP) is -4.65. The van der Waals surface area contributed by atoms with Gasteiger partial charge in [-0.1, -0.05) is 52.3 Å². The molecule has 0 aromatic rings. The molecule has 0 radical (unpaired) electrons. The second-order valence-corrected chi connectivity index (χ2v) is 33.6. The Hall–Kier alpha value is -13.6. The third-order valence-electron chi connectivity index (χ3n) is 19.9. The summed E-state index contributed by atoms with van der Waals surface area (Å²) >= 11 is 9.36. The van der Waals surface area contributed by atoms with Crippen molar-refractivity contribution in [3.63, 3.8) is 0 Å². The third-order valence-corrected chi connectivity index (χ3v) is 21.4. The van der Waals surface area contributed by atoms with Gasteiger partial charge < -0.3 is 142 Å².